The molecule has 0 bridgehead atoms. The summed E-state index contributed by atoms with van der Waals surface area (Å²) in [7, 11) is 0. The van der Waals surface area contributed by atoms with Gasteiger partial charge in [0, 0.05) is 11.3 Å². The monoisotopic (exact) mass is 250 g/mol. The fourth-order valence-corrected chi connectivity index (χ4v) is 3.85. The Morgan fingerprint density at radius 2 is 2.29 bits per heavy atom. The van der Waals surface area contributed by atoms with Crippen LogP contribution in [0.25, 0.3) is 0 Å². The van der Waals surface area contributed by atoms with E-state index >= 15 is 0 Å². The molecule has 3 N–H and O–H groups in total. The topological polar surface area (TPSA) is 38.0 Å². The van der Waals surface area contributed by atoms with Crippen LogP contribution in [0, 0.1) is 13.8 Å². The molecular weight excluding hydrogens is 228 g/mol. The number of thioether (sulfide) groups is 1. The van der Waals surface area contributed by atoms with E-state index in [1.54, 1.807) is 0 Å². The lowest BCUT2D eigenvalue weighted by atomic mass is 9.96. The molecule has 1 heterocycles. The van der Waals surface area contributed by atoms with Gasteiger partial charge in [-0.3, -0.25) is 11.3 Å². The Bertz CT molecular complexity index is 372. The maximum Gasteiger partial charge on any atom is 0.0369 e. The second-order valence-corrected chi connectivity index (χ2v) is 6.31. The Balaban J connectivity index is 2.09. The molecule has 0 amide bonds. The van der Waals surface area contributed by atoms with Crippen molar-refractivity contribution >= 4 is 11.8 Å². The highest BCUT2D eigenvalue weighted by atomic mass is 32.2. The van der Waals surface area contributed by atoms with Crippen LogP contribution in [-0.4, -0.2) is 17.0 Å². The summed E-state index contributed by atoms with van der Waals surface area (Å²) >= 11 is 2.06. The maximum absolute atomic E-state index is 5.73. The molecule has 17 heavy (non-hydrogen) atoms. The summed E-state index contributed by atoms with van der Waals surface area (Å²) in [6, 6.07) is 7.08. The molecule has 2 atom stereocenters. The van der Waals surface area contributed by atoms with Gasteiger partial charge in [-0.1, -0.05) is 23.8 Å². The zero-order valence-corrected chi connectivity index (χ0v) is 11.5. The van der Waals surface area contributed by atoms with Gasteiger partial charge in [0.2, 0.25) is 0 Å². The third-order valence-corrected chi connectivity index (χ3v) is 5.09. The van der Waals surface area contributed by atoms with Crippen LogP contribution in [0.2, 0.25) is 0 Å². The predicted molar refractivity (Wildman–Crippen MR) is 76.2 cm³/mol. The number of rotatable bonds is 4. The van der Waals surface area contributed by atoms with Crippen LogP contribution in [0.5, 0.6) is 0 Å². The highest BCUT2D eigenvalue weighted by Crippen LogP contribution is 2.30. The second-order valence-electron chi connectivity index (χ2n) is 4.96. The van der Waals surface area contributed by atoms with Gasteiger partial charge in [0.15, 0.2) is 0 Å². The van der Waals surface area contributed by atoms with Gasteiger partial charge < -0.3 is 0 Å². The van der Waals surface area contributed by atoms with E-state index in [-0.39, 0.29) is 0 Å². The molecule has 0 aromatic heterocycles. The lowest BCUT2D eigenvalue weighted by Gasteiger charge is -2.23. The van der Waals surface area contributed by atoms with E-state index in [2.05, 4.69) is 49.2 Å². The van der Waals surface area contributed by atoms with E-state index in [4.69, 9.17) is 5.84 Å². The molecule has 1 aliphatic heterocycles. The average Bonchev–Trinajstić information content (AvgIpc) is 2.84. The third-order valence-electron chi connectivity index (χ3n) is 3.57. The van der Waals surface area contributed by atoms with Gasteiger partial charge in [0.25, 0.3) is 0 Å². The van der Waals surface area contributed by atoms with Gasteiger partial charge in [-0.2, -0.15) is 11.8 Å². The number of nitrogens with two attached hydrogens (primary N) is 1. The predicted octanol–water partition coefficient (Wildman–Crippen LogP) is 2.57. The molecule has 2 rings (SSSR count). The van der Waals surface area contributed by atoms with Gasteiger partial charge >= 0.3 is 0 Å². The van der Waals surface area contributed by atoms with Crippen molar-refractivity contribution in [3.63, 3.8) is 0 Å². The quantitative estimate of drug-likeness (QED) is 0.637. The fourth-order valence-electron chi connectivity index (χ4n) is 2.47. The van der Waals surface area contributed by atoms with Crippen molar-refractivity contribution in [1.82, 2.24) is 5.43 Å². The van der Waals surface area contributed by atoms with E-state index in [0.29, 0.717) is 11.3 Å². The zero-order chi connectivity index (χ0) is 12.3. The van der Waals surface area contributed by atoms with Gasteiger partial charge in [0.1, 0.15) is 0 Å². The Labute approximate surface area is 108 Å². The van der Waals surface area contributed by atoms with Gasteiger partial charge in [-0.05, 0) is 50.0 Å². The summed E-state index contributed by atoms with van der Waals surface area (Å²) in [5.41, 5.74) is 7.16. The molecule has 0 saturated carbocycles. The highest BCUT2D eigenvalue weighted by molar-refractivity contribution is 8.00. The smallest absolute Gasteiger partial charge is 0.0369 e. The Morgan fingerprint density at radius 1 is 1.47 bits per heavy atom. The molecule has 1 aromatic carbocycles. The van der Waals surface area contributed by atoms with Crippen molar-refractivity contribution in [3.8, 4) is 0 Å². The van der Waals surface area contributed by atoms with Gasteiger partial charge in [-0.15, -0.1) is 0 Å². The Morgan fingerprint density at radius 3 is 2.94 bits per heavy atom. The molecule has 2 nitrogen and oxygen atoms in total. The summed E-state index contributed by atoms with van der Waals surface area (Å²) < 4.78 is 0. The van der Waals surface area contributed by atoms with E-state index < -0.39 is 0 Å². The molecule has 1 aliphatic rings. The largest absolute Gasteiger partial charge is 0.271 e. The first kappa shape index (κ1) is 12.9. The molecule has 1 aromatic rings. The van der Waals surface area contributed by atoms with Crippen LogP contribution in [-0.2, 0) is 6.42 Å². The van der Waals surface area contributed by atoms with Crippen LogP contribution in [0.4, 0.5) is 0 Å². The molecule has 0 spiro atoms. The number of hydrogen-bond donors (Lipinski definition) is 2. The molecule has 1 saturated heterocycles. The number of benzene rings is 1. The highest BCUT2D eigenvalue weighted by Gasteiger charge is 2.25. The molecule has 0 radical (unpaired) electrons. The summed E-state index contributed by atoms with van der Waals surface area (Å²) in [4.78, 5) is 0. The van der Waals surface area contributed by atoms with Crippen LogP contribution in [0.3, 0.4) is 0 Å². The summed E-state index contributed by atoms with van der Waals surface area (Å²) in [5.74, 6) is 7.01. The second kappa shape index (κ2) is 5.89. The van der Waals surface area contributed by atoms with Gasteiger partial charge in [-0.25, -0.2) is 0 Å². The maximum atomic E-state index is 5.73. The lowest BCUT2D eigenvalue weighted by Crippen LogP contribution is -2.43. The molecule has 1 fully saturated rings. The van der Waals surface area contributed by atoms with Crippen molar-refractivity contribution in [2.75, 3.05) is 5.75 Å². The van der Waals surface area contributed by atoms with Crippen molar-refractivity contribution in [1.29, 1.82) is 0 Å². The van der Waals surface area contributed by atoms with E-state index in [1.807, 2.05) is 0 Å². The molecule has 3 heteroatoms. The summed E-state index contributed by atoms with van der Waals surface area (Å²) in [6.45, 7) is 4.34. The number of aryl methyl sites for hydroxylation is 2. The number of nitrogens with one attached hydrogen (secondary N) is 1. The van der Waals surface area contributed by atoms with Crippen molar-refractivity contribution < 1.29 is 0 Å². The Kier molecular flexibility index (Phi) is 4.48. The minimum absolute atomic E-state index is 0.406. The first-order valence-electron chi connectivity index (χ1n) is 6.34. The van der Waals surface area contributed by atoms with Crippen molar-refractivity contribution in [2.45, 2.75) is 44.4 Å². The SMILES string of the molecule is Cc1ccc(C)c(CC(NN)C2CCCS2)c1. The standard InChI is InChI=1S/C14H22N2S/c1-10-5-6-11(2)12(8-10)9-13(16-15)14-4-3-7-17-14/h5-6,8,13-14,16H,3-4,7,9,15H2,1-2H3. The van der Waals surface area contributed by atoms with Crippen LogP contribution in [0.15, 0.2) is 18.2 Å². The number of hydrazine groups is 1. The molecule has 94 valence electrons. The first-order chi connectivity index (χ1) is 8.20. The van der Waals surface area contributed by atoms with Crippen LogP contribution < -0.4 is 11.3 Å². The van der Waals surface area contributed by atoms with E-state index in [9.17, 15) is 0 Å². The zero-order valence-electron chi connectivity index (χ0n) is 10.7. The lowest BCUT2D eigenvalue weighted by molar-refractivity contribution is 0.495. The van der Waals surface area contributed by atoms with E-state index in [1.165, 1.54) is 35.3 Å². The average molecular weight is 250 g/mol. The van der Waals surface area contributed by atoms with Crippen LogP contribution in [0.1, 0.15) is 29.5 Å². The van der Waals surface area contributed by atoms with E-state index in [0.717, 1.165) is 6.42 Å². The minimum atomic E-state index is 0.406. The van der Waals surface area contributed by atoms with Crippen molar-refractivity contribution in [3.05, 3.63) is 34.9 Å². The normalized spacial score (nSPS) is 21.7. The summed E-state index contributed by atoms with van der Waals surface area (Å²) in [5, 5.41) is 0.680. The Hall–Kier alpha value is -0.510. The summed E-state index contributed by atoms with van der Waals surface area (Å²) in [6.07, 6.45) is 3.67. The fraction of sp³-hybridized carbons (Fsp3) is 0.571. The number of hydrogen-bond acceptors (Lipinski definition) is 3. The first-order valence-corrected chi connectivity index (χ1v) is 7.39. The minimum Gasteiger partial charge on any atom is -0.271 e. The van der Waals surface area contributed by atoms with Crippen LogP contribution >= 0.6 is 11.8 Å². The third kappa shape index (κ3) is 3.24. The molecule has 0 aliphatic carbocycles. The van der Waals surface area contributed by atoms with Gasteiger partial charge in [0.05, 0.1) is 0 Å². The van der Waals surface area contributed by atoms with Crippen molar-refractivity contribution in [2.24, 2.45) is 5.84 Å². The molecule has 2 unspecified atom stereocenters. The molecular formula is C14H22N2S.